The molecule has 24 heteroatoms. The fourth-order valence-corrected chi connectivity index (χ4v) is 20.8. The third-order valence-corrected chi connectivity index (χ3v) is 28.5. The second-order valence-electron chi connectivity index (χ2n) is 39.4. The molecule has 0 spiro atoms. The van der Waals surface area contributed by atoms with E-state index in [0.29, 0.717) is 176 Å². The molecule has 740 valence electrons. The van der Waals surface area contributed by atoms with Crippen molar-refractivity contribution in [3.63, 3.8) is 0 Å². The maximum Gasteiger partial charge on any atom is 0.333 e. The van der Waals surface area contributed by atoms with Crippen LogP contribution in [0.15, 0.2) is 219 Å². The van der Waals surface area contributed by atoms with Crippen LogP contribution in [0.25, 0.3) is 43.1 Å². The van der Waals surface area contributed by atoms with Gasteiger partial charge in [-0.3, -0.25) is 48.2 Å². The predicted octanol–water partition coefficient (Wildman–Crippen LogP) is 24.3. The second-order valence-corrected chi connectivity index (χ2v) is 39.4. The van der Waals surface area contributed by atoms with Crippen molar-refractivity contribution in [3.8, 4) is 23.0 Å². The van der Waals surface area contributed by atoms with Gasteiger partial charge in [-0.15, -0.1) is 0 Å². The number of imide groups is 4. The highest BCUT2D eigenvalue weighted by Gasteiger charge is 2.42. The molecular formula is C118H128N4O20. The van der Waals surface area contributed by atoms with Crippen LogP contribution in [0.5, 0.6) is 23.0 Å². The Morgan fingerprint density at radius 3 is 1.00 bits per heavy atom. The van der Waals surface area contributed by atoms with Crippen LogP contribution in [0.1, 0.15) is 291 Å². The first-order chi connectivity index (χ1) is 68.5. The molecule has 0 N–H and O–H groups in total. The second kappa shape index (κ2) is 46.5. The van der Waals surface area contributed by atoms with E-state index < -0.39 is 23.9 Å². The number of benzene rings is 10. The van der Waals surface area contributed by atoms with E-state index in [1.165, 1.54) is 45.3 Å². The molecule has 6 atom stereocenters. The molecule has 10 aromatic carbocycles. The molecule has 142 heavy (non-hydrogen) atoms. The Balaban J connectivity index is 0.000000143. The number of nitrogens with zero attached hydrogens (tertiary/aromatic N) is 4. The van der Waals surface area contributed by atoms with E-state index >= 15 is 0 Å². The summed E-state index contributed by atoms with van der Waals surface area (Å²) in [5, 5.41) is 5.94. The summed E-state index contributed by atoms with van der Waals surface area (Å²) in [6.45, 7) is 32.1. The van der Waals surface area contributed by atoms with Gasteiger partial charge in [-0.2, -0.15) is 0 Å². The summed E-state index contributed by atoms with van der Waals surface area (Å²) in [5.74, 6) is 1.89. The van der Waals surface area contributed by atoms with Crippen LogP contribution in [0.4, 0.5) is 11.4 Å². The summed E-state index contributed by atoms with van der Waals surface area (Å²) in [7, 11) is 0. The summed E-state index contributed by atoms with van der Waals surface area (Å²) in [5.41, 5.74) is 7.19. The molecule has 4 fully saturated rings. The lowest BCUT2D eigenvalue weighted by Gasteiger charge is -2.37. The number of anilines is 2. The SMILES string of the molecule is C=C(C)C(=O)OCCCCCN1C(=O)c2cccc3c(OC4CC(C)CCC4C(C)C)ccc(c23)C1=O.C=C(C)C(=O)OCc1ccc(N2C(=O)c3cccc4c(OC5CCCCC5)ccc(c34)C2=O)cc1.C=CC(=O)OCCCCCN1C(=O)c2cccc3c(OC4CC(C)CCC4C(C)C)ccc(c23)C1=O.C=CC(=O)OCc1ccc(N2C(=O)c3cccc4c(OC5CCCCC5)ccc(c34)C2=O)cc1. The zero-order valence-corrected chi connectivity index (χ0v) is 82.7. The number of carbonyl (C=O) groups excluding carboxylic acids is 12. The molecule has 8 aliphatic rings. The normalized spacial score (nSPS) is 18.8. The maximum atomic E-state index is 13.5. The van der Waals surface area contributed by atoms with Crippen LogP contribution < -0.4 is 28.7 Å². The van der Waals surface area contributed by atoms with Gasteiger partial charge >= 0.3 is 23.9 Å². The molecule has 4 heterocycles. The fourth-order valence-electron chi connectivity index (χ4n) is 20.8. The molecule has 0 aromatic heterocycles. The van der Waals surface area contributed by atoms with E-state index in [1.807, 2.05) is 84.9 Å². The topological polar surface area (TPSA) is 292 Å². The van der Waals surface area contributed by atoms with E-state index in [9.17, 15) is 57.5 Å². The number of hydrogen-bond donors (Lipinski definition) is 0. The van der Waals surface area contributed by atoms with Gasteiger partial charge in [0.15, 0.2) is 0 Å². The van der Waals surface area contributed by atoms with E-state index in [1.54, 1.807) is 98.8 Å². The predicted molar refractivity (Wildman–Crippen MR) is 547 cm³/mol. The molecule has 4 aliphatic carbocycles. The van der Waals surface area contributed by atoms with Crippen LogP contribution in [0.3, 0.4) is 0 Å². The molecule has 0 radical (unpaired) electrons. The summed E-state index contributed by atoms with van der Waals surface area (Å²) in [6.07, 6.45) is 25.0. The molecule has 10 aromatic rings. The first-order valence-corrected chi connectivity index (χ1v) is 50.3. The molecule has 0 saturated heterocycles. The standard InChI is InChI=1S/C31H39NO5.C30H37NO5.C29H27NO5.C28H25NO5/c1-19(2)22-13-12-21(5)18-27(22)37-26-15-14-25-28-23(26)10-9-11-24(28)29(33)32(30(25)34)16-7-6-8-17-36-31(35)20(3)4;1-5-27(32)35-17-8-6-7-16-31-29(33)23-11-9-10-22-25(15-14-24(28(22)23)30(31)34)36-26-18-20(4)12-13-21(26)19(2)3;1-18(2)29(33)34-17-19-11-13-20(14-12-19)30-27(31)23-10-6-9-22-25(35-21-7-4-3-5-8-21)16-15-24(26(22)23)28(30)32;1-2-25(30)33-17-18-11-13-19(14-12-18)29-27(31)22-10-6-9-21-24(34-20-7-4-3-5-8-20)16-15-23(26(21)22)28(29)32/h9-11,14-15,19,21-22,27H,3,6-8,12-13,16-18H2,1-2,4-5H3;5,9-11,14-15,19-21,26H,1,6-8,12-13,16-18H2,2-4H3;6,9-16,21H,1,3-5,7-8,17H2,2H3;2,6,9-16,20H,1,3-5,7-8,17H2. The van der Waals surface area contributed by atoms with Crippen molar-refractivity contribution in [3.05, 3.63) is 275 Å². The summed E-state index contributed by atoms with van der Waals surface area (Å²) in [4.78, 5) is 158. The number of ether oxygens (including phenoxy) is 8. The van der Waals surface area contributed by atoms with E-state index in [4.69, 9.17) is 37.9 Å². The first-order valence-electron chi connectivity index (χ1n) is 50.3. The Morgan fingerprint density at radius 2 is 0.655 bits per heavy atom. The number of unbranched alkanes of at least 4 members (excludes halogenated alkanes) is 4. The van der Waals surface area contributed by atoms with Crippen molar-refractivity contribution in [2.75, 3.05) is 36.1 Å². The monoisotopic (exact) mass is 1920 g/mol. The maximum absolute atomic E-state index is 13.5. The molecule has 4 aliphatic heterocycles. The van der Waals surface area contributed by atoms with Crippen molar-refractivity contribution in [2.24, 2.45) is 35.5 Å². The quantitative estimate of drug-likeness (QED) is 0.0124. The lowest BCUT2D eigenvalue weighted by Crippen LogP contribution is -2.41. The van der Waals surface area contributed by atoms with E-state index in [2.05, 4.69) is 67.9 Å². The first kappa shape index (κ1) is 102. The number of amides is 8. The van der Waals surface area contributed by atoms with Crippen molar-refractivity contribution in [1.82, 2.24) is 9.80 Å². The van der Waals surface area contributed by atoms with Gasteiger partial charge in [-0.1, -0.05) is 166 Å². The molecule has 24 nitrogen and oxygen atoms in total. The minimum Gasteiger partial charge on any atom is -0.490 e. The number of hydrogen-bond acceptors (Lipinski definition) is 20. The van der Waals surface area contributed by atoms with Crippen LogP contribution in [-0.4, -0.2) is 132 Å². The van der Waals surface area contributed by atoms with Crippen molar-refractivity contribution < 1.29 is 95.4 Å². The largest absolute Gasteiger partial charge is 0.490 e. The highest BCUT2D eigenvalue weighted by atomic mass is 16.5. The number of esters is 4. The number of carbonyl (C=O) groups is 12. The van der Waals surface area contributed by atoms with Gasteiger partial charge in [0.25, 0.3) is 47.3 Å². The van der Waals surface area contributed by atoms with Gasteiger partial charge in [-0.05, 0) is 273 Å². The number of rotatable bonds is 32. The highest BCUT2D eigenvalue weighted by molar-refractivity contribution is 6.38. The van der Waals surface area contributed by atoms with Crippen molar-refractivity contribution in [1.29, 1.82) is 0 Å². The summed E-state index contributed by atoms with van der Waals surface area (Å²) in [6, 6.07) is 50.5. The molecule has 4 saturated carbocycles. The lowest BCUT2D eigenvalue weighted by molar-refractivity contribution is -0.140. The van der Waals surface area contributed by atoms with Gasteiger partial charge in [0.05, 0.1) is 36.8 Å². The summed E-state index contributed by atoms with van der Waals surface area (Å²) < 4.78 is 46.2. The van der Waals surface area contributed by atoms with Crippen LogP contribution in [0.2, 0.25) is 0 Å². The minimum absolute atomic E-state index is 0.0823. The van der Waals surface area contributed by atoms with Gasteiger partial charge < -0.3 is 37.9 Å². The average molecular weight is 1920 g/mol. The van der Waals surface area contributed by atoms with E-state index in [0.717, 1.165) is 158 Å². The fraction of sp³-hybridized carbons (Fsp3) is 0.390. The Hall–Kier alpha value is -14.2. The Kier molecular flexibility index (Phi) is 33.5. The van der Waals surface area contributed by atoms with Gasteiger partial charge in [0.2, 0.25) is 0 Å². The Labute approximate surface area is 830 Å². The highest BCUT2D eigenvalue weighted by Crippen LogP contribution is 2.47. The van der Waals surface area contributed by atoms with E-state index in [-0.39, 0.29) is 84.9 Å². The zero-order valence-electron chi connectivity index (χ0n) is 82.7. The third-order valence-electron chi connectivity index (χ3n) is 28.5. The van der Waals surface area contributed by atoms with Gasteiger partial charge in [0.1, 0.15) is 48.4 Å². The van der Waals surface area contributed by atoms with Gasteiger partial charge in [0, 0.05) is 124 Å². The smallest absolute Gasteiger partial charge is 0.333 e. The van der Waals surface area contributed by atoms with Crippen molar-refractivity contribution >= 4 is 126 Å². The van der Waals surface area contributed by atoms with Gasteiger partial charge in [-0.25, -0.2) is 29.0 Å². The molecule has 0 bridgehead atoms. The minimum atomic E-state index is -0.512. The third kappa shape index (κ3) is 23.0. The molecular weight excluding hydrogens is 1790 g/mol. The molecule has 18 rings (SSSR count). The Bertz CT molecular complexity index is 6450. The molecule has 8 amide bonds. The van der Waals surface area contributed by atoms with Crippen LogP contribution in [0, 0.1) is 35.5 Å². The average Bonchev–Trinajstić information content (AvgIpc) is 0.722. The lowest BCUT2D eigenvalue weighted by atomic mass is 9.75. The molecule has 6 unspecified atom stereocenters. The van der Waals surface area contributed by atoms with Crippen molar-refractivity contribution in [2.45, 2.75) is 234 Å². The zero-order chi connectivity index (χ0) is 101. The Morgan fingerprint density at radius 1 is 0.345 bits per heavy atom. The van der Waals surface area contributed by atoms with Crippen LogP contribution in [-0.2, 0) is 51.3 Å². The summed E-state index contributed by atoms with van der Waals surface area (Å²) >= 11 is 0. The van der Waals surface area contributed by atoms with Crippen LogP contribution >= 0.6 is 0 Å².